The molecule has 0 bridgehead atoms. The van der Waals surface area contributed by atoms with Gasteiger partial charge < -0.3 is 19.7 Å². The molecule has 4 aromatic rings. The standard InChI is InChI=1S/C33H37N5O4/c1-24(2)37(32(39)18-13-25-9-16-29(17-10-25)38(41)42)23-33(40)36(22-26-11-14-28(15-12-26)35(3)4)20-19-27-21-34-31-8-6-5-7-30(27)31/h5-18,21,24,34H,19-20,22-23H2,1-4H3. The molecule has 0 saturated carbocycles. The number of para-hydroxylation sites is 1. The van der Waals surface area contributed by atoms with Gasteiger partial charge in [0, 0.05) is 74.2 Å². The molecule has 218 valence electrons. The van der Waals surface area contributed by atoms with E-state index in [9.17, 15) is 19.7 Å². The van der Waals surface area contributed by atoms with Crippen LogP contribution >= 0.6 is 0 Å². The van der Waals surface area contributed by atoms with Crippen LogP contribution in [0.4, 0.5) is 11.4 Å². The van der Waals surface area contributed by atoms with E-state index >= 15 is 0 Å². The Kier molecular flexibility index (Phi) is 9.75. The fourth-order valence-corrected chi connectivity index (χ4v) is 4.74. The zero-order valence-electron chi connectivity index (χ0n) is 24.5. The summed E-state index contributed by atoms with van der Waals surface area (Å²) in [4.78, 5) is 46.1. The smallest absolute Gasteiger partial charge is 0.269 e. The van der Waals surface area contributed by atoms with Gasteiger partial charge in [0.15, 0.2) is 0 Å². The van der Waals surface area contributed by atoms with Crippen molar-refractivity contribution in [2.24, 2.45) is 0 Å². The number of hydrogen-bond donors (Lipinski definition) is 1. The summed E-state index contributed by atoms with van der Waals surface area (Å²) < 4.78 is 0. The highest BCUT2D eigenvalue weighted by Crippen LogP contribution is 2.20. The summed E-state index contributed by atoms with van der Waals surface area (Å²) in [6.07, 6.45) is 5.67. The van der Waals surface area contributed by atoms with Crippen molar-refractivity contribution in [3.05, 3.63) is 112 Å². The Morgan fingerprint density at radius 3 is 2.31 bits per heavy atom. The van der Waals surface area contributed by atoms with E-state index in [4.69, 9.17) is 0 Å². The van der Waals surface area contributed by atoms with Gasteiger partial charge in [-0.05, 0) is 73.4 Å². The first-order valence-corrected chi connectivity index (χ1v) is 13.9. The number of nitro groups is 1. The maximum Gasteiger partial charge on any atom is 0.269 e. The topological polar surface area (TPSA) is 103 Å². The fraction of sp³-hybridized carbons (Fsp3) is 0.273. The number of anilines is 1. The molecule has 0 radical (unpaired) electrons. The zero-order chi connectivity index (χ0) is 30.2. The molecule has 4 rings (SSSR count). The number of amides is 2. The van der Waals surface area contributed by atoms with E-state index in [0.717, 1.165) is 27.7 Å². The molecule has 1 aromatic heterocycles. The number of aromatic nitrogens is 1. The minimum Gasteiger partial charge on any atom is -0.378 e. The van der Waals surface area contributed by atoms with Crippen molar-refractivity contribution in [1.82, 2.24) is 14.8 Å². The number of aromatic amines is 1. The highest BCUT2D eigenvalue weighted by atomic mass is 16.6. The summed E-state index contributed by atoms with van der Waals surface area (Å²) in [6.45, 7) is 4.61. The van der Waals surface area contributed by atoms with Crippen molar-refractivity contribution in [3.8, 4) is 0 Å². The highest BCUT2D eigenvalue weighted by Gasteiger charge is 2.23. The molecule has 0 fully saturated rings. The van der Waals surface area contributed by atoms with Crippen molar-refractivity contribution in [3.63, 3.8) is 0 Å². The number of hydrogen-bond acceptors (Lipinski definition) is 5. The Hall–Kier alpha value is -4.92. The Labute approximate surface area is 246 Å². The molecule has 1 heterocycles. The molecule has 42 heavy (non-hydrogen) atoms. The maximum absolute atomic E-state index is 13.8. The number of rotatable bonds is 12. The minimum atomic E-state index is -0.467. The lowest BCUT2D eigenvalue weighted by Crippen LogP contribution is -2.45. The molecule has 9 heteroatoms. The van der Waals surface area contributed by atoms with E-state index in [0.29, 0.717) is 25.1 Å². The molecule has 3 aromatic carbocycles. The molecule has 0 spiro atoms. The van der Waals surface area contributed by atoms with E-state index in [2.05, 4.69) is 11.1 Å². The van der Waals surface area contributed by atoms with Gasteiger partial charge in [0.25, 0.3) is 5.69 Å². The molecule has 0 aliphatic carbocycles. The molecule has 0 saturated heterocycles. The quantitative estimate of drug-likeness (QED) is 0.135. The predicted octanol–water partition coefficient (Wildman–Crippen LogP) is 5.66. The molecule has 0 aliphatic heterocycles. The van der Waals surface area contributed by atoms with Gasteiger partial charge in [-0.15, -0.1) is 0 Å². The second-order valence-corrected chi connectivity index (χ2v) is 10.7. The van der Waals surface area contributed by atoms with Crippen LogP contribution in [0, 0.1) is 10.1 Å². The van der Waals surface area contributed by atoms with E-state index in [-0.39, 0.29) is 30.1 Å². The van der Waals surface area contributed by atoms with Crippen LogP contribution in [-0.4, -0.2) is 64.7 Å². The summed E-state index contributed by atoms with van der Waals surface area (Å²) in [7, 11) is 3.97. The van der Waals surface area contributed by atoms with Crippen molar-refractivity contribution in [2.45, 2.75) is 32.9 Å². The number of H-pyrrole nitrogens is 1. The summed E-state index contributed by atoms with van der Waals surface area (Å²) in [5, 5.41) is 12.1. The van der Waals surface area contributed by atoms with Crippen LogP contribution in [0.3, 0.4) is 0 Å². The third-order valence-corrected chi connectivity index (χ3v) is 7.24. The van der Waals surface area contributed by atoms with E-state index in [1.54, 1.807) is 18.2 Å². The molecule has 2 amide bonds. The van der Waals surface area contributed by atoms with Crippen LogP contribution in [0.5, 0.6) is 0 Å². The second-order valence-electron chi connectivity index (χ2n) is 10.7. The molecule has 1 N–H and O–H groups in total. The number of non-ortho nitro benzene ring substituents is 1. The lowest BCUT2D eigenvalue weighted by molar-refractivity contribution is -0.384. The van der Waals surface area contributed by atoms with Gasteiger partial charge in [0.1, 0.15) is 6.54 Å². The Balaban J connectivity index is 1.50. The first-order chi connectivity index (χ1) is 20.1. The normalized spacial score (nSPS) is 11.3. The number of carbonyl (C=O) groups is 2. The van der Waals surface area contributed by atoms with Crippen LogP contribution in [0.25, 0.3) is 17.0 Å². The first kappa shape index (κ1) is 30.0. The largest absolute Gasteiger partial charge is 0.378 e. The Bertz CT molecular complexity index is 1560. The number of fused-ring (bicyclic) bond motifs is 1. The number of nitro benzene ring substituents is 1. The molecule has 0 atom stereocenters. The fourth-order valence-electron chi connectivity index (χ4n) is 4.74. The third kappa shape index (κ3) is 7.63. The van der Waals surface area contributed by atoms with Crippen molar-refractivity contribution in [2.75, 3.05) is 32.1 Å². The van der Waals surface area contributed by atoms with Gasteiger partial charge >= 0.3 is 0 Å². The number of nitrogens with one attached hydrogen (secondary N) is 1. The summed E-state index contributed by atoms with van der Waals surface area (Å²) in [5.74, 6) is -0.444. The van der Waals surface area contributed by atoms with E-state index < -0.39 is 4.92 Å². The monoisotopic (exact) mass is 567 g/mol. The molecular weight excluding hydrogens is 530 g/mol. The van der Waals surface area contributed by atoms with Crippen molar-refractivity contribution in [1.29, 1.82) is 0 Å². The van der Waals surface area contributed by atoms with Crippen LogP contribution in [0.2, 0.25) is 0 Å². The predicted molar refractivity (Wildman–Crippen MR) is 167 cm³/mol. The molecule has 0 aliphatic rings. The number of nitrogens with zero attached hydrogens (tertiary/aromatic N) is 4. The van der Waals surface area contributed by atoms with Crippen molar-refractivity contribution >= 4 is 40.2 Å². The molecular formula is C33H37N5O4. The van der Waals surface area contributed by atoms with Gasteiger partial charge in [0.2, 0.25) is 11.8 Å². The lowest BCUT2D eigenvalue weighted by Gasteiger charge is -2.29. The minimum absolute atomic E-state index is 0.0167. The van der Waals surface area contributed by atoms with Gasteiger partial charge in [-0.1, -0.05) is 30.3 Å². The number of benzene rings is 3. The van der Waals surface area contributed by atoms with Gasteiger partial charge in [-0.3, -0.25) is 19.7 Å². The molecule has 0 unspecified atom stereocenters. The molecule has 9 nitrogen and oxygen atoms in total. The average Bonchev–Trinajstić information content (AvgIpc) is 3.40. The lowest BCUT2D eigenvalue weighted by atomic mass is 10.1. The van der Waals surface area contributed by atoms with Crippen LogP contribution < -0.4 is 4.90 Å². The average molecular weight is 568 g/mol. The van der Waals surface area contributed by atoms with Gasteiger partial charge in [0.05, 0.1) is 4.92 Å². The van der Waals surface area contributed by atoms with Crippen LogP contribution in [-0.2, 0) is 22.6 Å². The van der Waals surface area contributed by atoms with Crippen molar-refractivity contribution < 1.29 is 14.5 Å². The summed E-state index contributed by atoms with van der Waals surface area (Å²) in [5.41, 5.74) is 4.91. The summed E-state index contributed by atoms with van der Waals surface area (Å²) in [6, 6.07) is 22.0. The highest BCUT2D eigenvalue weighted by molar-refractivity contribution is 5.94. The maximum atomic E-state index is 13.8. The number of carbonyl (C=O) groups excluding carboxylic acids is 2. The van der Waals surface area contributed by atoms with Crippen LogP contribution in [0.15, 0.2) is 85.1 Å². The SMILES string of the molecule is CC(C)N(CC(=O)N(CCc1c[nH]c2ccccc12)Cc1ccc(N(C)C)cc1)C(=O)C=Cc1ccc([N+](=O)[O-])cc1. The van der Waals surface area contributed by atoms with Gasteiger partial charge in [-0.25, -0.2) is 0 Å². The second kappa shape index (κ2) is 13.6. The third-order valence-electron chi connectivity index (χ3n) is 7.24. The summed E-state index contributed by atoms with van der Waals surface area (Å²) >= 11 is 0. The zero-order valence-corrected chi connectivity index (χ0v) is 24.5. The Morgan fingerprint density at radius 2 is 1.67 bits per heavy atom. The van der Waals surface area contributed by atoms with Crippen LogP contribution in [0.1, 0.15) is 30.5 Å². The van der Waals surface area contributed by atoms with Gasteiger partial charge in [-0.2, -0.15) is 0 Å². The Morgan fingerprint density at radius 1 is 0.976 bits per heavy atom. The first-order valence-electron chi connectivity index (χ1n) is 13.9. The van der Waals surface area contributed by atoms with E-state index in [1.165, 1.54) is 23.1 Å². The van der Waals surface area contributed by atoms with E-state index in [1.807, 2.05) is 86.4 Å².